The van der Waals surface area contributed by atoms with E-state index >= 15 is 0 Å². The Labute approximate surface area is 142 Å². The molecule has 1 atom stereocenters. The van der Waals surface area contributed by atoms with E-state index in [9.17, 15) is 4.79 Å². The van der Waals surface area contributed by atoms with Gasteiger partial charge in [-0.25, -0.2) is 4.79 Å². The number of benzene rings is 1. The third-order valence-corrected chi connectivity index (χ3v) is 5.34. The average Bonchev–Trinajstić information content (AvgIpc) is 2.75. The van der Waals surface area contributed by atoms with Gasteiger partial charge in [-0.15, -0.1) is 0 Å². The van der Waals surface area contributed by atoms with Gasteiger partial charge in [0.2, 0.25) is 0 Å². The molecule has 3 heteroatoms. The largest absolute Gasteiger partial charge is 0.482 e. The highest BCUT2D eigenvalue weighted by Crippen LogP contribution is 2.50. The normalized spacial score (nSPS) is 24.8. The molecule has 1 aliphatic carbocycles. The van der Waals surface area contributed by atoms with Gasteiger partial charge in [0, 0.05) is 23.4 Å². The average molecular weight is 324 g/mol. The lowest BCUT2D eigenvalue weighted by Gasteiger charge is -2.40. The van der Waals surface area contributed by atoms with Crippen LogP contribution in [0.5, 0.6) is 5.75 Å². The summed E-state index contributed by atoms with van der Waals surface area (Å²) in [6, 6.07) is 3.71. The maximum absolute atomic E-state index is 11.8. The zero-order chi connectivity index (χ0) is 17.3. The van der Waals surface area contributed by atoms with Crippen molar-refractivity contribution in [2.45, 2.75) is 59.5 Å². The Morgan fingerprint density at radius 1 is 1.08 bits per heavy atom. The molecule has 1 aromatic heterocycles. The van der Waals surface area contributed by atoms with E-state index in [-0.39, 0.29) is 16.6 Å². The van der Waals surface area contributed by atoms with Gasteiger partial charge < -0.3 is 9.15 Å². The molecular formula is C21H24O3. The second-order valence-corrected chi connectivity index (χ2v) is 8.47. The fourth-order valence-electron chi connectivity index (χ4n) is 4.85. The fourth-order valence-corrected chi connectivity index (χ4v) is 4.85. The van der Waals surface area contributed by atoms with Crippen molar-refractivity contribution in [3.63, 3.8) is 0 Å². The second-order valence-electron chi connectivity index (χ2n) is 8.47. The van der Waals surface area contributed by atoms with Crippen molar-refractivity contribution in [2.75, 3.05) is 0 Å². The van der Waals surface area contributed by atoms with Crippen molar-refractivity contribution in [1.29, 1.82) is 0 Å². The highest BCUT2D eigenvalue weighted by Gasteiger charge is 2.45. The van der Waals surface area contributed by atoms with Crippen LogP contribution in [0.2, 0.25) is 0 Å². The molecule has 4 rings (SSSR count). The van der Waals surface area contributed by atoms with E-state index in [0.29, 0.717) is 5.58 Å². The van der Waals surface area contributed by atoms with Crippen molar-refractivity contribution in [3.8, 4) is 5.75 Å². The van der Waals surface area contributed by atoms with Gasteiger partial charge in [0.25, 0.3) is 0 Å². The van der Waals surface area contributed by atoms with Crippen LogP contribution < -0.4 is 10.4 Å². The number of ether oxygens (including phenoxy) is 1. The molecule has 0 bridgehead atoms. The van der Waals surface area contributed by atoms with Crippen molar-refractivity contribution in [1.82, 2.24) is 0 Å². The summed E-state index contributed by atoms with van der Waals surface area (Å²) in [7, 11) is 0. The molecule has 0 saturated heterocycles. The molecule has 0 radical (unpaired) electrons. The standard InChI is InChI=1S/C21H24O3/c1-12-8-20(4,5)11-21(9-12)10-15-7-16-13(2)6-17(22)23-19(16)14(3)18(15)24-21/h6-7,9H,8,10-11H2,1-5H3. The second kappa shape index (κ2) is 4.75. The van der Waals surface area contributed by atoms with Crippen LogP contribution in [0.4, 0.5) is 0 Å². The first-order valence-electron chi connectivity index (χ1n) is 8.62. The Bertz CT molecular complexity index is 946. The van der Waals surface area contributed by atoms with Gasteiger partial charge in [-0.3, -0.25) is 0 Å². The highest BCUT2D eigenvalue weighted by atomic mass is 16.5. The molecule has 1 aromatic carbocycles. The molecule has 2 aromatic rings. The van der Waals surface area contributed by atoms with E-state index in [1.807, 2.05) is 13.8 Å². The van der Waals surface area contributed by atoms with Gasteiger partial charge >= 0.3 is 5.63 Å². The molecule has 1 aliphatic heterocycles. The third kappa shape index (κ3) is 2.29. The molecule has 0 amide bonds. The monoisotopic (exact) mass is 324 g/mol. The molecule has 24 heavy (non-hydrogen) atoms. The van der Waals surface area contributed by atoms with Gasteiger partial charge in [0.15, 0.2) is 0 Å². The minimum Gasteiger partial charge on any atom is -0.482 e. The van der Waals surface area contributed by atoms with E-state index in [2.05, 4.69) is 32.9 Å². The van der Waals surface area contributed by atoms with Crippen LogP contribution in [0.3, 0.4) is 0 Å². The fraction of sp³-hybridized carbons (Fsp3) is 0.476. The summed E-state index contributed by atoms with van der Waals surface area (Å²) < 4.78 is 12.0. The lowest BCUT2D eigenvalue weighted by molar-refractivity contribution is 0.0747. The number of aryl methyl sites for hydroxylation is 2. The maximum atomic E-state index is 11.8. The van der Waals surface area contributed by atoms with E-state index < -0.39 is 0 Å². The lowest BCUT2D eigenvalue weighted by Crippen LogP contribution is -2.40. The first kappa shape index (κ1) is 15.5. The van der Waals surface area contributed by atoms with Gasteiger partial charge in [-0.05, 0) is 62.3 Å². The van der Waals surface area contributed by atoms with E-state index in [1.165, 1.54) is 11.1 Å². The molecule has 3 nitrogen and oxygen atoms in total. The van der Waals surface area contributed by atoms with Crippen LogP contribution in [-0.4, -0.2) is 5.60 Å². The van der Waals surface area contributed by atoms with Crippen molar-refractivity contribution >= 4 is 11.0 Å². The smallest absolute Gasteiger partial charge is 0.336 e. The lowest BCUT2D eigenvalue weighted by atomic mass is 9.70. The summed E-state index contributed by atoms with van der Waals surface area (Å²) in [5.74, 6) is 0.901. The molecule has 126 valence electrons. The number of hydrogen-bond acceptors (Lipinski definition) is 3. The molecule has 0 N–H and O–H groups in total. The van der Waals surface area contributed by atoms with Crippen LogP contribution in [-0.2, 0) is 6.42 Å². The highest BCUT2D eigenvalue weighted by molar-refractivity contribution is 5.86. The molecule has 0 saturated carbocycles. The van der Waals surface area contributed by atoms with Crippen LogP contribution in [0.1, 0.15) is 50.3 Å². The Morgan fingerprint density at radius 2 is 1.83 bits per heavy atom. The third-order valence-electron chi connectivity index (χ3n) is 5.34. The number of hydrogen-bond donors (Lipinski definition) is 0. The van der Waals surface area contributed by atoms with E-state index in [1.54, 1.807) is 6.07 Å². The quantitative estimate of drug-likeness (QED) is 0.514. The molecule has 1 unspecified atom stereocenters. The minimum absolute atomic E-state index is 0.233. The minimum atomic E-state index is -0.301. The van der Waals surface area contributed by atoms with E-state index in [4.69, 9.17) is 9.15 Å². The Balaban J connectivity index is 1.90. The molecular weight excluding hydrogens is 300 g/mol. The van der Waals surface area contributed by atoms with Crippen LogP contribution >= 0.6 is 0 Å². The summed E-state index contributed by atoms with van der Waals surface area (Å²) in [6.07, 6.45) is 5.32. The summed E-state index contributed by atoms with van der Waals surface area (Å²) in [6.45, 7) is 10.8. The number of allylic oxidation sites excluding steroid dienone is 1. The number of rotatable bonds is 0. The predicted octanol–water partition coefficient (Wildman–Crippen LogP) is 4.85. The summed E-state index contributed by atoms with van der Waals surface area (Å²) in [5, 5.41) is 1.02. The zero-order valence-corrected chi connectivity index (χ0v) is 15.1. The van der Waals surface area contributed by atoms with Gasteiger partial charge in [0.1, 0.15) is 16.9 Å². The predicted molar refractivity (Wildman–Crippen MR) is 95.8 cm³/mol. The van der Waals surface area contributed by atoms with E-state index in [0.717, 1.165) is 41.5 Å². The summed E-state index contributed by atoms with van der Waals surface area (Å²) >= 11 is 0. The van der Waals surface area contributed by atoms with Gasteiger partial charge in [-0.2, -0.15) is 0 Å². The molecule has 0 fully saturated rings. The first-order valence-corrected chi connectivity index (χ1v) is 8.62. The van der Waals surface area contributed by atoms with Crippen LogP contribution in [0, 0.1) is 19.3 Å². The maximum Gasteiger partial charge on any atom is 0.336 e. The first-order chi connectivity index (χ1) is 11.2. The number of fused-ring (bicyclic) bond motifs is 2. The van der Waals surface area contributed by atoms with Gasteiger partial charge in [0.05, 0.1) is 0 Å². The topological polar surface area (TPSA) is 39.4 Å². The molecule has 2 heterocycles. The Morgan fingerprint density at radius 3 is 2.54 bits per heavy atom. The van der Waals surface area contributed by atoms with Gasteiger partial charge in [-0.1, -0.05) is 19.4 Å². The van der Waals surface area contributed by atoms with Crippen molar-refractivity contribution in [3.05, 3.63) is 50.9 Å². The molecule has 1 spiro atoms. The Kier molecular flexibility index (Phi) is 3.07. The molecule has 2 aliphatic rings. The Hall–Kier alpha value is -2.03. The SMILES string of the molecule is CC1=CC2(Cc3cc4c(C)cc(=O)oc4c(C)c3O2)CC(C)(C)C1. The summed E-state index contributed by atoms with van der Waals surface area (Å²) in [4.78, 5) is 11.8. The summed E-state index contributed by atoms with van der Waals surface area (Å²) in [5.41, 5.74) is 4.85. The van der Waals surface area contributed by atoms with Crippen molar-refractivity contribution in [2.24, 2.45) is 5.41 Å². The van der Waals surface area contributed by atoms with Crippen LogP contribution in [0.25, 0.3) is 11.0 Å². The van der Waals surface area contributed by atoms with Crippen molar-refractivity contribution < 1.29 is 9.15 Å². The zero-order valence-electron chi connectivity index (χ0n) is 15.1. The van der Waals surface area contributed by atoms with Crippen LogP contribution in [0.15, 0.2) is 33.0 Å².